The van der Waals surface area contributed by atoms with Gasteiger partial charge in [0, 0.05) is 30.3 Å². The number of carboxylic acid groups (broad SMARTS) is 1. The van der Waals surface area contributed by atoms with Gasteiger partial charge >= 0.3 is 0 Å². The molecule has 1 heterocycles. The third-order valence-corrected chi connectivity index (χ3v) is 7.01. The van der Waals surface area contributed by atoms with Crippen molar-refractivity contribution in [3.05, 3.63) is 88.5 Å². The summed E-state index contributed by atoms with van der Waals surface area (Å²) in [5.41, 5.74) is 6.18. The Morgan fingerprint density at radius 3 is 2.51 bits per heavy atom. The Morgan fingerprint density at radius 2 is 1.86 bits per heavy atom. The zero-order chi connectivity index (χ0) is 26.5. The number of benzene rings is 2. The number of rotatable bonds is 10. The second-order valence-corrected chi connectivity index (χ2v) is 10.2. The molecule has 0 saturated carbocycles. The van der Waals surface area contributed by atoms with E-state index in [1.165, 1.54) is 23.3 Å². The van der Waals surface area contributed by atoms with E-state index in [2.05, 4.69) is 38.1 Å². The molecule has 196 valence electrons. The lowest BCUT2D eigenvalue weighted by molar-refractivity contribution is -0.307. The van der Waals surface area contributed by atoms with E-state index in [1.807, 2.05) is 0 Å². The number of aliphatic hydroxyl groups is 2. The molecule has 1 aliphatic rings. The molecule has 1 unspecified atom stereocenters. The number of carboxylic acids is 1. The van der Waals surface area contributed by atoms with Crippen molar-refractivity contribution in [2.45, 2.75) is 76.4 Å². The number of carbonyl (C=O) groups excluding carboxylic acids is 1. The standard InChI is InChI=1S/C30H35FN2O4/c1-19(2)21-8-6-20(7-9-21)16-22-4-3-5-27-28(15-14-25(34)17-26(35)18-29(36)37)33(32-30(22)27)24-12-10-23(31)11-13-24/h6-15,19,22,25-26,34-35H,3-5,16-18H2,1-2H3,(H,36,37)/p-1/b15-14+/t22?,25-,26-/m1/s1. The van der Waals surface area contributed by atoms with Crippen LogP contribution in [-0.2, 0) is 17.6 Å². The number of carbonyl (C=O) groups is 1. The molecule has 3 aromatic rings. The van der Waals surface area contributed by atoms with Crippen molar-refractivity contribution in [2.75, 3.05) is 0 Å². The first kappa shape index (κ1) is 26.8. The van der Waals surface area contributed by atoms with Crippen LogP contribution in [-0.4, -0.2) is 38.2 Å². The maximum absolute atomic E-state index is 13.6. The predicted octanol–water partition coefficient (Wildman–Crippen LogP) is 4.06. The Kier molecular flexibility index (Phi) is 8.56. The highest BCUT2D eigenvalue weighted by Gasteiger charge is 2.28. The molecule has 1 aromatic heterocycles. The zero-order valence-corrected chi connectivity index (χ0v) is 21.3. The van der Waals surface area contributed by atoms with Gasteiger partial charge < -0.3 is 20.1 Å². The number of aliphatic hydroxyl groups excluding tert-OH is 2. The first-order valence-corrected chi connectivity index (χ1v) is 12.9. The van der Waals surface area contributed by atoms with Crippen LogP contribution in [0.2, 0.25) is 0 Å². The van der Waals surface area contributed by atoms with Crippen molar-refractivity contribution in [3.63, 3.8) is 0 Å². The lowest BCUT2D eigenvalue weighted by Gasteiger charge is -2.22. The molecule has 4 rings (SSSR count). The topological polar surface area (TPSA) is 98.4 Å². The largest absolute Gasteiger partial charge is 0.550 e. The molecular formula is C30H34FN2O4-. The van der Waals surface area contributed by atoms with E-state index in [9.17, 15) is 24.5 Å². The SMILES string of the molecule is CC(C)c1ccc(CC2CCCc3c2nn(-c2ccc(F)cc2)c3/C=C/[C@@H](O)C[C@@H](O)CC(=O)[O-])cc1. The van der Waals surface area contributed by atoms with Crippen LogP contribution in [0.1, 0.15) is 79.4 Å². The fraction of sp³-hybridized carbons (Fsp3) is 0.400. The minimum absolute atomic E-state index is 0.119. The number of halogens is 1. The first-order chi connectivity index (χ1) is 17.7. The molecule has 2 aromatic carbocycles. The molecule has 0 spiro atoms. The van der Waals surface area contributed by atoms with Crippen LogP contribution in [0.5, 0.6) is 0 Å². The summed E-state index contributed by atoms with van der Waals surface area (Å²) in [7, 11) is 0. The van der Waals surface area contributed by atoms with Crippen molar-refractivity contribution < 1.29 is 24.5 Å². The third kappa shape index (κ3) is 6.73. The number of fused-ring (bicyclic) bond motifs is 1. The maximum atomic E-state index is 13.6. The van der Waals surface area contributed by atoms with Crippen LogP contribution in [0.4, 0.5) is 4.39 Å². The van der Waals surface area contributed by atoms with E-state index in [1.54, 1.807) is 29.0 Å². The lowest BCUT2D eigenvalue weighted by atomic mass is 9.82. The Bertz CT molecular complexity index is 1230. The van der Waals surface area contributed by atoms with Gasteiger partial charge in [-0.3, -0.25) is 0 Å². The predicted molar refractivity (Wildman–Crippen MR) is 139 cm³/mol. The third-order valence-electron chi connectivity index (χ3n) is 7.01. The Morgan fingerprint density at radius 1 is 1.16 bits per heavy atom. The summed E-state index contributed by atoms with van der Waals surface area (Å²) in [6.07, 6.45) is 4.14. The van der Waals surface area contributed by atoms with Crippen LogP contribution in [0.3, 0.4) is 0 Å². The van der Waals surface area contributed by atoms with E-state index < -0.39 is 24.6 Å². The molecule has 0 aliphatic heterocycles. The molecule has 0 amide bonds. The summed E-state index contributed by atoms with van der Waals surface area (Å²) in [6.45, 7) is 4.36. The number of hydrogen-bond donors (Lipinski definition) is 2. The number of aliphatic carboxylic acids is 1. The van der Waals surface area contributed by atoms with Gasteiger partial charge in [0.15, 0.2) is 0 Å². The van der Waals surface area contributed by atoms with Crippen LogP contribution in [0.15, 0.2) is 54.6 Å². The van der Waals surface area contributed by atoms with Gasteiger partial charge in [-0.25, -0.2) is 9.07 Å². The molecule has 0 bridgehead atoms. The average Bonchev–Trinajstić information content (AvgIpc) is 3.22. The Labute approximate surface area is 217 Å². The van der Waals surface area contributed by atoms with Gasteiger partial charge in [-0.15, -0.1) is 0 Å². The minimum Gasteiger partial charge on any atom is -0.550 e. The van der Waals surface area contributed by atoms with E-state index >= 15 is 0 Å². The zero-order valence-electron chi connectivity index (χ0n) is 21.3. The normalized spacial score (nSPS) is 17.2. The van der Waals surface area contributed by atoms with Crippen molar-refractivity contribution in [1.82, 2.24) is 9.78 Å². The second kappa shape index (κ2) is 11.8. The Hall–Kier alpha value is -3.29. The van der Waals surface area contributed by atoms with E-state index in [0.717, 1.165) is 42.6 Å². The van der Waals surface area contributed by atoms with Crippen molar-refractivity contribution in [1.29, 1.82) is 0 Å². The number of hydrogen-bond acceptors (Lipinski definition) is 5. The summed E-state index contributed by atoms with van der Waals surface area (Å²) < 4.78 is 15.4. The molecule has 0 fully saturated rings. The summed E-state index contributed by atoms with van der Waals surface area (Å²) in [4.78, 5) is 10.7. The molecular weight excluding hydrogens is 471 g/mol. The molecule has 0 saturated heterocycles. The molecule has 1 aliphatic carbocycles. The highest BCUT2D eigenvalue weighted by atomic mass is 19.1. The molecule has 0 radical (unpaired) electrons. The molecule has 6 nitrogen and oxygen atoms in total. The summed E-state index contributed by atoms with van der Waals surface area (Å²) in [5.74, 6) is -0.986. The van der Waals surface area contributed by atoms with Crippen molar-refractivity contribution in [2.24, 2.45) is 0 Å². The molecule has 37 heavy (non-hydrogen) atoms. The highest BCUT2D eigenvalue weighted by Crippen LogP contribution is 2.37. The smallest absolute Gasteiger partial charge is 0.123 e. The van der Waals surface area contributed by atoms with E-state index in [0.29, 0.717) is 11.6 Å². The fourth-order valence-electron chi connectivity index (χ4n) is 5.03. The van der Waals surface area contributed by atoms with E-state index in [4.69, 9.17) is 5.10 Å². The quantitative estimate of drug-likeness (QED) is 0.433. The lowest BCUT2D eigenvalue weighted by Crippen LogP contribution is -2.29. The first-order valence-electron chi connectivity index (χ1n) is 12.9. The van der Waals surface area contributed by atoms with Crippen LogP contribution < -0.4 is 5.11 Å². The second-order valence-electron chi connectivity index (χ2n) is 10.2. The van der Waals surface area contributed by atoms with Crippen molar-refractivity contribution >= 4 is 12.0 Å². The monoisotopic (exact) mass is 505 g/mol. The van der Waals surface area contributed by atoms with Gasteiger partial charge in [0.25, 0.3) is 0 Å². The van der Waals surface area contributed by atoms with Gasteiger partial charge in [0.05, 0.1) is 29.3 Å². The highest BCUT2D eigenvalue weighted by molar-refractivity contribution is 5.64. The van der Waals surface area contributed by atoms with E-state index in [-0.39, 0.29) is 18.2 Å². The maximum Gasteiger partial charge on any atom is 0.123 e. The van der Waals surface area contributed by atoms with Crippen LogP contribution in [0.25, 0.3) is 11.8 Å². The Balaban J connectivity index is 1.65. The number of aromatic nitrogens is 2. The average molecular weight is 506 g/mol. The summed E-state index contributed by atoms with van der Waals surface area (Å²) in [5, 5.41) is 36.0. The van der Waals surface area contributed by atoms with Crippen LogP contribution >= 0.6 is 0 Å². The van der Waals surface area contributed by atoms with Gasteiger partial charge in [-0.1, -0.05) is 44.2 Å². The van der Waals surface area contributed by atoms with Crippen LogP contribution in [0, 0.1) is 5.82 Å². The summed E-state index contributed by atoms with van der Waals surface area (Å²) in [6, 6.07) is 14.9. The van der Waals surface area contributed by atoms with Gasteiger partial charge in [-0.2, -0.15) is 5.10 Å². The van der Waals surface area contributed by atoms with Gasteiger partial charge in [0.1, 0.15) is 5.82 Å². The molecule has 2 N–H and O–H groups in total. The minimum atomic E-state index is -1.36. The fourth-order valence-corrected chi connectivity index (χ4v) is 5.03. The van der Waals surface area contributed by atoms with Gasteiger partial charge in [0.2, 0.25) is 0 Å². The molecule has 7 heteroatoms. The van der Waals surface area contributed by atoms with Gasteiger partial charge in [-0.05, 0) is 73.1 Å². The van der Waals surface area contributed by atoms with Crippen molar-refractivity contribution in [3.8, 4) is 5.69 Å². The molecule has 3 atom stereocenters. The number of nitrogens with zero attached hydrogens (tertiary/aromatic N) is 2. The summed E-state index contributed by atoms with van der Waals surface area (Å²) >= 11 is 0.